The molecule has 0 bridgehead atoms. The third-order valence-electron chi connectivity index (χ3n) is 3.72. The molecule has 0 N–H and O–H groups in total. The predicted octanol–water partition coefficient (Wildman–Crippen LogP) is 3.88. The van der Waals surface area contributed by atoms with Crippen molar-refractivity contribution in [2.75, 3.05) is 0 Å². The Kier molecular flexibility index (Phi) is 9.49. The fraction of sp³-hybridized carbons (Fsp3) is 0.765. The minimum atomic E-state index is -0.526. The van der Waals surface area contributed by atoms with Crippen LogP contribution in [0.1, 0.15) is 76.2 Å². The second kappa shape index (κ2) is 10.6. The van der Waals surface area contributed by atoms with E-state index < -0.39 is 21.1 Å². The molecule has 0 saturated carbocycles. The van der Waals surface area contributed by atoms with Crippen LogP contribution in [0, 0.1) is 0 Å². The van der Waals surface area contributed by atoms with Gasteiger partial charge in [0, 0.05) is 0 Å². The van der Waals surface area contributed by atoms with Gasteiger partial charge in [-0.05, 0) is 0 Å². The van der Waals surface area contributed by atoms with Crippen LogP contribution in [0.25, 0.3) is 0 Å². The van der Waals surface area contributed by atoms with Crippen LogP contribution in [0.15, 0.2) is 0 Å². The van der Waals surface area contributed by atoms with Gasteiger partial charge in [-0.15, -0.1) is 0 Å². The van der Waals surface area contributed by atoms with E-state index in [9.17, 15) is 0 Å². The van der Waals surface area contributed by atoms with Crippen molar-refractivity contribution in [3.8, 4) is 0 Å². The van der Waals surface area contributed by atoms with Crippen molar-refractivity contribution in [2.45, 2.75) is 83.5 Å². The van der Waals surface area contributed by atoms with Crippen molar-refractivity contribution in [2.24, 2.45) is 0 Å². The van der Waals surface area contributed by atoms with E-state index in [0.29, 0.717) is 0 Å². The number of hydrogen-bond acceptors (Lipinski definition) is 2. The van der Waals surface area contributed by atoms with Crippen molar-refractivity contribution >= 4 is 25.0 Å². The minimum absolute atomic E-state index is 0.526. The molecule has 1 aromatic rings. The molecule has 0 unspecified atom stereocenters. The van der Waals surface area contributed by atoms with Crippen molar-refractivity contribution < 1.29 is 0 Å². The number of rotatable bonds is 10. The van der Waals surface area contributed by atoms with Gasteiger partial charge in [0.05, 0.1) is 0 Å². The number of hydrogen-bond donors (Lipinski definition) is 0. The summed E-state index contributed by atoms with van der Waals surface area (Å²) < 4.78 is 1.21. The first-order chi connectivity index (χ1) is 9.76. The van der Waals surface area contributed by atoms with Gasteiger partial charge in [-0.1, -0.05) is 0 Å². The average molecular weight is 381 g/mol. The van der Waals surface area contributed by atoms with Crippen LogP contribution in [0.4, 0.5) is 0 Å². The van der Waals surface area contributed by atoms with Crippen molar-refractivity contribution in [1.82, 2.24) is 9.97 Å². The molecule has 2 nitrogen and oxygen atoms in total. The number of aromatic nitrogens is 2. The molecule has 2 radical (unpaired) electrons. The zero-order valence-corrected chi connectivity index (χ0v) is 16.6. The van der Waals surface area contributed by atoms with E-state index in [1.807, 2.05) is 0 Å². The van der Waals surface area contributed by atoms with E-state index in [-0.39, 0.29) is 0 Å². The Balaban J connectivity index is 3.06. The molecule has 0 aromatic carbocycles. The summed E-state index contributed by atoms with van der Waals surface area (Å²) in [5, 5.41) is 0. The Hall–Kier alpha value is -0.121. The Bertz CT molecular complexity index is 362. The Morgan fingerprint density at radius 2 is 1.20 bits per heavy atom. The maximum absolute atomic E-state index is 4.91. The standard InChI is InChI=1S/C16H27N2.CH3.Sn/c1-4-7-10-14-15(11-8-5-2)17-13-18-16(14)12-9-6-3;;/h4-12H2,1-3H3;1H3;. The third kappa shape index (κ3) is 5.71. The molecule has 112 valence electrons. The van der Waals surface area contributed by atoms with Crippen LogP contribution in [0.5, 0.6) is 0 Å². The van der Waals surface area contributed by atoms with Gasteiger partial charge >= 0.3 is 135 Å². The summed E-state index contributed by atoms with van der Waals surface area (Å²) in [6.07, 6.45) is 11.1. The van der Waals surface area contributed by atoms with Crippen LogP contribution < -0.4 is 3.84 Å². The molecule has 3 heteroatoms. The first-order valence-corrected chi connectivity index (χ1v) is 12.6. The van der Waals surface area contributed by atoms with Crippen LogP contribution in [-0.2, 0) is 19.3 Å². The summed E-state index contributed by atoms with van der Waals surface area (Å²) in [6.45, 7) is 6.80. The van der Waals surface area contributed by atoms with Crippen molar-refractivity contribution in [3.63, 3.8) is 0 Å². The van der Waals surface area contributed by atoms with Gasteiger partial charge in [0.25, 0.3) is 0 Å². The molecule has 1 aromatic heterocycles. The van der Waals surface area contributed by atoms with Gasteiger partial charge in [0.1, 0.15) is 0 Å². The summed E-state index contributed by atoms with van der Waals surface area (Å²) in [7, 11) is 0. The van der Waals surface area contributed by atoms with Crippen molar-refractivity contribution in [3.05, 3.63) is 17.0 Å². The van der Waals surface area contributed by atoms with Crippen LogP contribution in [0.3, 0.4) is 0 Å². The first kappa shape index (κ1) is 17.9. The molecule has 0 atom stereocenters. The summed E-state index contributed by atoms with van der Waals surface area (Å²) in [6, 6.07) is 0. The quantitative estimate of drug-likeness (QED) is 0.575. The van der Waals surface area contributed by atoms with E-state index in [4.69, 9.17) is 9.97 Å². The predicted molar refractivity (Wildman–Crippen MR) is 89.1 cm³/mol. The molecule has 0 fully saturated rings. The average Bonchev–Trinajstić information content (AvgIpc) is 2.48. The topological polar surface area (TPSA) is 25.8 Å². The van der Waals surface area contributed by atoms with Gasteiger partial charge in [0.15, 0.2) is 0 Å². The number of aryl methyl sites for hydroxylation is 2. The Morgan fingerprint density at radius 1 is 0.750 bits per heavy atom. The Labute approximate surface area is 135 Å². The molecule has 1 rings (SSSR count). The normalized spacial score (nSPS) is 11.0. The molecule has 0 spiro atoms. The van der Waals surface area contributed by atoms with Gasteiger partial charge in [-0.3, -0.25) is 0 Å². The molecular formula is C17H30N2Sn. The van der Waals surface area contributed by atoms with Gasteiger partial charge < -0.3 is 0 Å². The second-order valence-electron chi connectivity index (χ2n) is 5.48. The molecule has 1 heterocycles. The second-order valence-corrected chi connectivity index (χ2v) is 8.18. The molecule has 20 heavy (non-hydrogen) atoms. The fourth-order valence-electron chi connectivity index (χ4n) is 2.44. The maximum atomic E-state index is 4.91. The van der Waals surface area contributed by atoms with E-state index in [1.54, 1.807) is 0 Å². The zero-order valence-electron chi connectivity index (χ0n) is 13.8. The van der Waals surface area contributed by atoms with E-state index in [0.717, 1.165) is 12.8 Å². The third-order valence-corrected chi connectivity index (χ3v) is 5.63. The van der Waals surface area contributed by atoms with E-state index in [1.165, 1.54) is 65.7 Å². The van der Waals surface area contributed by atoms with E-state index >= 15 is 0 Å². The summed E-state index contributed by atoms with van der Waals surface area (Å²) in [4.78, 5) is 12.2. The number of unbranched alkanes of at least 4 members (excludes halogenated alkanes) is 3. The molecule has 0 aliphatic heterocycles. The number of nitrogens with zero attached hydrogens (tertiary/aromatic N) is 2. The monoisotopic (exact) mass is 382 g/mol. The zero-order chi connectivity index (χ0) is 14.8. The molecule has 0 aliphatic rings. The fourth-order valence-corrected chi connectivity index (χ4v) is 3.85. The molecular weight excluding hydrogens is 351 g/mol. The van der Waals surface area contributed by atoms with Gasteiger partial charge in [-0.2, -0.15) is 0 Å². The van der Waals surface area contributed by atoms with Crippen LogP contribution in [0.2, 0.25) is 4.94 Å². The molecule has 0 saturated heterocycles. The first-order valence-electron chi connectivity index (χ1n) is 8.33. The van der Waals surface area contributed by atoms with Gasteiger partial charge in [0.2, 0.25) is 0 Å². The molecule has 0 amide bonds. The van der Waals surface area contributed by atoms with E-state index in [2.05, 4.69) is 25.7 Å². The van der Waals surface area contributed by atoms with Crippen molar-refractivity contribution in [1.29, 1.82) is 0 Å². The molecule has 0 aliphatic carbocycles. The van der Waals surface area contributed by atoms with Crippen LogP contribution >= 0.6 is 0 Å². The van der Waals surface area contributed by atoms with Crippen LogP contribution in [-0.4, -0.2) is 31.1 Å². The summed E-state index contributed by atoms with van der Waals surface area (Å²) >= 11 is -0.526. The van der Waals surface area contributed by atoms with Gasteiger partial charge in [-0.25, -0.2) is 0 Å². The Morgan fingerprint density at radius 3 is 1.60 bits per heavy atom. The summed E-state index contributed by atoms with van der Waals surface area (Å²) in [5.74, 6) is 0. The summed E-state index contributed by atoms with van der Waals surface area (Å²) in [5.41, 5.74) is 4.28. The SMILES string of the molecule is CCCCc1n[c]([Sn][CH3])nc(CCCC)c1CCCC.